The van der Waals surface area contributed by atoms with Crippen LogP contribution in [0.15, 0.2) is 72.8 Å². The van der Waals surface area contributed by atoms with Crippen LogP contribution in [0.2, 0.25) is 0 Å². The summed E-state index contributed by atoms with van der Waals surface area (Å²) in [6, 6.07) is 23.9. The molecule has 0 radical (unpaired) electrons. The molecule has 2 fully saturated rings. The molecule has 35 heavy (non-hydrogen) atoms. The number of carboxylic acid groups (broad SMARTS) is 1. The van der Waals surface area contributed by atoms with Gasteiger partial charge >= 0.3 is 5.97 Å². The number of carbonyl (C=O) groups is 2. The number of hydrogen-bond donors (Lipinski definition) is 1. The lowest BCUT2D eigenvalue weighted by molar-refractivity contribution is -0.132. The number of halogens is 1. The Hall–Kier alpha value is -3.51. The van der Waals surface area contributed by atoms with Crippen LogP contribution < -0.4 is 0 Å². The van der Waals surface area contributed by atoms with Gasteiger partial charge in [-0.3, -0.25) is 9.69 Å². The number of hydrogen-bond acceptors (Lipinski definition) is 3. The third-order valence-corrected chi connectivity index (χ3v) is 7.05. The quantitative estimate of drug-likeness (QED) is 0.533. The third-order valence-electron chi connectivity index (χ3n) is 7.05. The lowest BCUT2D eigenvalue weighted by atomic mass is 9.96. The van der Waals surface area contributed by atoms with E-state index in [9.17, 15) is 19.1 Å². The molecule has 1 saturated heterocycles. The molecule has 3 aromatic rings. The van der Waals surface area contributed by atoms with E-state index in [2.05, 4.69) is 29.2 Å². The van der Waals surface area contributed by atoms with Crippen molar-refractivity contribution >= 4 is 11.9 Å². The van der Waals surface area contributed by atoms with Crippen LogP contribution in [0.3, 0.4) is 0 Å². The second-order valence-electron chi connectivity index (χ2n) is 9.44. The lowest BCUT2D eigenvalue weighted by Gasteiger charge is -2.40. The highest BCUT2D eigenvalue weighted by atomic mass is 19.1. The molecule has 3 aromatic carbocycles. The highest BCUT2D eigenvalue weighted by molar-refractivity contribution is 5.89. The van der Waals surface area contributed by atoms with E-state index in [1.54, 1.807) is 11.0 Å². The Morgan fingerprint density at radius 2 is 1.46 bits per heavy atom. The van der Waals surface area contributed by atoms with Crippen LogP contribution in [-0.4, -0.2) is 53.0 Å². The zero-order valence-corrected chi connectivity index (χ0v) is 19.6. The normalized spacial score (nSPS) is 16.5. The summed E-state index contributed by atoms with van der Waals surface area (Å²) in [6.45, 7) is 2.49. The van der Waals surface area contributed by atoms with Crippen LogP contribution in [0.1, 0.15) is 57.4 Å². The van der Waals surface area contributed by atoms with Crippen LogP contribution in [0.4, 0.5) is 4.39 Å². The highest BCUT2D eigenvalue weighted by Crippen LogP contribution is 2.41. The maximum absolute atomic E-state index is 14.9. The molecule has 180 valence electrons. The minimum Gasteiger partial charge on any atom is -0.478 e. The summed E-state index contributed by atoms with van der Waals surface area (Å²) < 4.78 is 14.9. The molecule has 5 nitrogen and oxygen atoms in total. The van der Waals surface area contributed by atoms with Gasteiger partial charge in [0.2, 0.25) is 5.91 Å². The smallest absolute Gasteiger partial charge is 0.338 e. The van der Waals surface area contributed by atoms with Gasteiger partial charge in [0.1, 0.15) is 5.82 Å². The van der Waals surface area contributed by atoms with E-state index in [1.807, 2.05) is 36.4 Å². The Bertz CT molecular complexity index is 1160. The molecule has 0 aromatic heterocycles. The average molecular weight is 473 g/mol. The Kier molecular flexibility index (Phi) is 6.64. The fourth-order valence-electron chi connectivity index (χ4n) is 5.03. The molecule has 1 aliphatic heterocycles. The van der Waals surface area contributed by atoms with E-state index in [0.717, 1.165) is 18.4 Å². The first-order chi connectivity index (χ1) is 17.0. The number of rotatable bonds is 7. The maximum Gasteiger partial charge on any atom is 0.338 e. The van der Waals surface area contributed by atoms with Gasteiger partial charge in [-0.25, -0.2) is 9.18 Å². The minimum absolute atomic E-state index is 0.0976. The van der Waals surface area contributed by atoms with E-state index in [4.69, 9.17) is 0 Å². The van der Waals surface area contributed by atoms with Gasteiger partial charge < -0.3 is 10.0 Å². The highest BCUT2D eigenvalue weighted by Gasteiger charge is 2.30. The molecule has 0 spiro atoms. The third kappa shape index (κ3) is 5.13. The van der Waals surface area contributed by atoms with Crippen molar-refractivity contribution in [3.05, 3.63) is 106 Å². The van der Waals surface area contributed by atoms with Crippen molar-refractivity contribution in [1.29, 1.82) is 0 Å². The summed E-state index contributed by atoms with van der Waals surface area (Å²) in [7, 11) is 0. The molecule has 5 rings (SSSR count). The predicted octanol–water partition coefficient (Wildman–Crippen LogP) is 4.88. The Morgan fingerprint density at radius 3 is 1.97 bits per heavy atom. The van der Waals surface area contributed by atoms with Gasteiger partial charge in [0, 0.05) is 26.2 Å². The SMILES string of the molecule is O=C(O)c1cc(C2CC2)cc(CC(=O)N2CCN(C(c3ccccc3)c3ccccc3)CC2)c1F. The Balaban J connectivity index is 1.30. The van der Waals surface area contributed by atoms with Crippen molar-refractivity contribution in [2.45, 2.75) is 31.2 Å². The monoisotopic (exact) mass is 472 g/mol. The van der Waals surface area contributed by atoms with Crippen LogP contribution in [0.5, 0.6) is 0 Å². The number of nitrogens with zero attached hydrogens (tertiary/aromatic N) is 2. The topological polar surface area (TPSA) is 60.9 Å². The van der Waals surface area contributed by atoms with Crippen molar-refractivity contribution in [1.82, 2.24) is 9.80 Å². The maximum atomic E-state index is 14.9. The van der Waals surface area contributed by atoms with Gasteiger partial charge in [0.05, 0.1) is 18.0 Å². The second kappa shape index (κ2) is 10.0. The summed E-state index contributed by atoms with van der Waals surface area (Å²) in [4.78, 5) is 28.8. The van der Waals surface area contributed by atoms with E-state index >= 15 is 0 Å². The molecular formula is C29H29FN2O3. The van der Waals surface area contributed by atoms with Crippen molar-refractivity contribution < 1.29 is 19.1 Å². The lowest BCUT2D eigenvalue weighted by Crippen LogP contribution is -2.50. The fraction of sp³-hybridized carbons (Fsp3) is 0.310. The standard InChI is InChI=1S/C29H29FN2O3/c30-27-24(17-23(20-11-12-20)18-25(27)29(34)35)19-26(33)31-13-15-32(16-14-31)28(21-7-3-1-4-8-21)22-9-5-2-6-10-22/h1-10,17-18,20,28H,11-16,19H2,(H,34,35). The molecule has 1 aliphatic carbocycles. The predicted molar refractivity (Wildman–Crippen MR) is 132 cm³/mol. The zero-order valence-electron chi connectivity index (χ0n) is 19.6. The van der Waals surface area contributed by atoms with Gasteiger partial charge in [0.25, 0.3) is 0 Å². The van der Waals surface area contributed by atoms with Gasteiger partial charge in [0.15, 0.2) is 0 Å². The fourth-order valence-corrected chi connectivity index (χ4v) is 5.03. The molecule has 2 aliphatic rings. The van der Waals surface area contributed by atoms with Crippen LogP contribution >= 0.6 is 0 Å². The summed E-state index contributed by atoms with van der Waals surface area (Å²) in [5, 5.41) is 9.43. The molecule has 1 amide bonds. The van der Waals surface area contributed by atoms with E-state index in [0.29, 0.717) is 26.2 Å². The Morgan fingerprint density at radius 1 is 0.886 bits per heavy atom. The van der Waals surface area contributed by atoms with Crippen LogP contribution in [-0.2, 0) is 11.2 Å². The van der Waals surface area contributed by atoms with E-state index < -0.39 is 11.8 Å². The number of benzene rings is 3. The Labute approximate surface area is 204 Å². The van der Waals surface area contributed by atoms with Gasteiger partial charge in [-0.1, -0.05) is 66.7 Å². The van der Waals surface area contributed by atoms with Gasteiger partial charge in [-0.05, 0) is 47.1 Å². The van der Waals surface area contributed by atoms with Crippen molar-refractivity contribution in [2.75, 3.05) is 26.2 Å². The van der Waals surface area contributed by atoms with Crippen LogP contribution in [0, 0.1) is 5.82 Å². The van der Waals surface area contributed by atoms with Gasteiger partial charge in [-0.15, -0.1) is 0 Å². The van der Waals surface area contributed by atoms with Crippen molar-refractivity contribution in [2.24, 2.45) is 0 Å². The molecule has 0 bridgehead atoms. The van der Waals surface area contributed by atoms with Crippen molar-refractivity contribution in [3.8, 4) is 0 Å². The summed E-state index contributed by atoms with van der Waals surface area (Å²) in [5.74, 6) is -1.97. The van der Waals surface area contributed by atoms with Gasteiger partial charge in [-0.2, -0.15) is 0 Å². The largest absolute Gasteiger partial charge is 0.478 e. The number of piperazine rings is 1. The summed E-state index contributed by atoms with van der Waals surface area (Å²) in [5.41, 5.74) is 3.09. The molecule has 1 heterocycles. The molecule has 6 heteroatoms. The number of carboxylic acids is 1. The minimum atomic E-state index is -1.29. The second-order valence-corrected chi connectivity index (χ2v) is 9.44. The van der Waals surface area contributed by atoms with E-state index in [-0.39, 0.29) is 35.4 Å². The summed E-state index contributed by atoms with van der Waals surface area (Å²) >= 11 is 0. The molecule has 0 unspecified atom stereocenters. The summed E-state index contributed by atoms with van der Waals surface area (Å²) in [6.07, 6.45) is 1.83. The molecular weight excluding hydrogens is 443 g/mol. The van der Waals surface area contributed by atoms with Crippen molar-refractivity contribution in [3.63, 3.8) is 0 Å². The molecule has 1 saturated carbocycles. The van der Waals surface area contributed by atoms with Crippen LogP contribution in [0.25, 0.3) is 0 Å². The zero-order chi connectivity index (χ0) is 24.4. The number of carbonyl (C=O) groups excluding carboxylic acids is 1. The first-order valence-corrected chi connectivity index (χ1v) is 12.2. The first kappa shape index (κ1) is 23.2. The molecule has 1 N–H and O–H groups in total. The van der Waals surface area contributed by atoms with E-state index in [1.165, 1.54) is 17.2 Å². The number of amides is 1. The first-order valence-electron chi connectivity index (χ1n) is 12.2. The molecule has 0 atom stereocenters. The average Bonchev–Trinajstić information content (AvgIpc) is 3.73. The number of aromatic carboxylic acids is 1.